The van der Waals surface area contributed by atoms with Crippen LogP contribution in [0.4, 0.5) is 0 Å². The molecule has 3 atom stereocenters. The summed E-state index contributed by atoms with van der Waals surface area (Å²) < 4.78 is 6.70. The molecule has 0 spiro atoms. The Morgan fingerprint density at radius 3 is 2.56 bits per heavy atom. The summed E-state index contributed by atoms with van der Waals surface area (Å²) in [6.07, 6.45) is 2.93. The molecule has 2 aromatic carbocycles. The van der Waals surface area contributed by atoms with Gasteiger partial charge in [0.25, 0.3) is 0 Å². The lowest BCUT2D eigenvalue weighted by Gasteiger charge is -2.36. The summed E-state index contributed by atoms with van der Waals surface area (Å²) >= 11 is 2.28. The van der Waals surface area contributed by atoms with E-state index >= 15 is 0 Å². The molecule has 4 rings (SSSR count). The van der Waals surface area contributed by atoms with E-state index in [1.54, 1.807) is 0 Å². The van der Waals surface area contributed by atoms with Crippen molar-refractivity contribution in [3.8, 4) is 0 Å². The zero-order chi connectivity index (χ0) is 22.7. The first-order valence-electron chi connectivity index (χ1n) is 11.3. The highest BCUT2D eigenvalue weighted by atomic mass is 127. The van der Waals surface area contributed by atoms with Crippen molar-refractivity contribution in [1.29, 1.82) is 0 Å². The van der Waals surface area contributed by atoms with Crippen molar-refractivity contribution in [1.82, 2.24) is 0 Å². The highest BCUT2D eigenvalue weighted by Gasteiger charge is 2.44. The number of aliphatic imine (C=N–C) groups is 1. The number of hydrogen-bond acceptors (Lipinski definition) is 4. The van der Waals surface area contributed by atoms with E-state index in [2.05, 4.69) is 47.7 Å². The van der Waals surface area contributed by atoms with E-state index in [0.29, 0.717) is 25.0 Å². The van der Waals surface area contributed by atoms with Crippen molar-refractivity contribution in [3.63, 3.8) is 0 Å². The van der Waals surface area contributed by atoms with Crippen molar-refractivity contribution >= 4 is 40.1 Å². The third kappa shape index (κ3) is 4.72. The maximum absolute atomic E-state index is 13.5. The number of rotatable bonds is 6. The number of unbranched alkanes of at least 4 members (excludes halogenated alkanes) is 1. The molecule has 0 saturated heterocycles. The second kappa shape index (κ2) is 10.1. The molecule has 0 aromatic heterocycles. The van der Waals surface area contributed by atoms with Crippen molar-refractivity contribution in [3.05, 3.63) is 80.6 Å². The van der Waals surface area contributed by atoms with Crippen LogP contribution in [0.1, 0.15) is 62.5 Å². The molecule has 2 aromatic rings. The van der Waals surface area contributed by atoms with E-state index < -0.39 is 5.92 Å². The summed E-state index contributed by atoms with van der Waals surface area (Å²) in [6, 6.07) is 18.2. The number of hydrogen-bond donors (Lipinski definition) is 0. The van der Waals surface area contributed by atoms with Crippen LogP contribution in [0.3, 0.4) is 0 Å². The van der Waals surface area contributed by atoms with Gasteiger partial charge in [-0.05, 0) is 71.5 Å². The van der Waals surface area contributed by atoms with E-state index in [4.69, 9.17) is 9.73 Å². The highest BCUT2D eigenvalue weighted by molar-refractivity contribution is 14.1. The number of ether oxygens (including phenoxy) is 1. The molecule has 4 nitrogen and oxygen atoms in total. The molecule has 32 heavy (non-hydrogen) atoms. The van der Waals surface area contributed by atoms with Crippen LogP contribution in [-0.2, 0) is 14.3 Å². The number of carbonyl (C=O) groups excluding carboxylic acids is 2. The third-order valence-electron chi connectivity index (χ3n) is 6.36. The lowest BCUT2D eigenvalue weighted by molar-refractivity contribution is -0.146. The Labute approximate surface area is 203 Å². The fourth-order valence-electron chi connectivity index (χ4n) is 4.79. The van der Waals surface area contributed by atoms with E-state index in [9.17, 15) is 9.59 Å². The Kier molecular flexibility index (Phi) is 7.23. The van der Waals surface area contributed by atoms with Gasteiger partial charge in [-0.15, -0.1) is 0 Å². The number of halogens is 1. The normalized spacial score (nSPS) is 22.9. The predicted octanol–water partition coefficient (Wildman–Crippen LogP) is 6.21. The summed E-state index contributed by atoms with van der Waals surface area (Å²) in [7, 11) is 0. The standard InChI is InChI=1S/C27H28INO3/c1-3-4-13-32-27(31)24-17(2)29-22-15-20(18-9-6-5-7-10-18)16-23(30)26(22)25(24)19-11-8-12-21(28)14-19/h5-12,14,20,24-25H,3-4,13,15-16H2,1-2H3/t20-,24?,25+/m1/s1. The topological polar surface area (TPSA) is 55.7 Å². The first-order chi connectivity index (χ1) is 15.5. The Morgan fingerprint density at radius 2 is 1.84 bits per heavy atom. The minimum Gasteiger partial charge on any atom is -0.465 e. The van der Waals surface area contributed by atoms with Gasteiger partial charge >= 0.3 is 5.97 Å². The van der Waals surface area contributed by atoms with Gasteiger partial charge in [0.15, 0.2) is 5.78 Å². The molecular weight excluding hydrogens is 513 g/mol. The van der Waals surface area contributed by atoms with Crippen molar-refractivity contribution < 1.29 is 14.3 Å². The fourth-order valence-corrected chi connectivity index (χ4v) is 5.36. The number of carbonyl (C=O) groups is 2. The number of nitrogens with zero attached hydrogens (tertiary/aromatic N) is 1. The van der Waals surface area contributed by atoms with E-state index in [1.165, 1.54) is 0 Å². The van der Waals surface area contributed by atoms with Crippen LogP contribution in [0.15, 0.2) is 70.9 Å². The molecule has 166 valence electrons. The second-order valence-corrected chi connectivity index (χ2v) is 9.83. The minimum absolute atomic E-state index is 0.0894. The average molecular weight is 541 g/mol. The smallest absolute Gasteiger partial charge is 0.315 e. The van der Waals surface area contributed by atoms with Gasteiger partial charge in [-0.2, -0.15) is 0 Å². The minimum atomic E-state index is -0.568. The molecule has 0 N–H and O–H groups in total. The fraction of sp³-hybridized carbons (Fsp3) is 0.370. The number of allylic oxidation sites excluding steroid dienone is 2. The molecule has 0 radical (unpaired) electrons. The van der Waals surface area contributed by atoms with Crippen LogP contribution >= 0.6 is 22.6 Å². The first kappa shape index (κ1) is 22.9. The van der Waals surface area contributed by atoms with Crippen LogP contribution < -0.4 is 0 Å². The molecule has 0 bridgehead atoms. The molecule has 2 aliphatic rings. The molecule has 0 amide bonds. The Bertz CT molecular complexity index is 1070. The second-order valence-electron chi connectivity index (χ2n) is 8.58. The highest BCUT2D eigenvalue weighted by Crippen LogP contribution is 2.46. The van der Waals surface area contributed by atoms with Crippen LogP contribution in [0.2, 0.25) is 0 Å². The van der Waals surface area contributed by atoms with E-state index in [-0.39, 0.29) is 23.6 Å². The van der Waals surface area contributed by atoms with Crippen LogP contribution in [0.25, 0.3) is 0 Å². The molecule has 0 fully saturated rings. The largest absolute Gasteiger partial charge is 0.465 e. The number of benzene rings is 2. The summed E-state index contributed by atoms with van der Waals surface area (Å²) in [5.74, 6) is -1.00. The lowest BCUT2D eigenvalue weighted by Crippen LogP contribution is -2.38. The quantitative estimate of drug-likeness (QED) is 0.248. The lowest BCUT2D eigenvalue weighted by atomic mass is 9.69. The van der Waals surface area contributed by atoms with Gasteiger partial charge in [0, 0.05) is 32.9 Å². The van der Waals surface area contributed by atoms with Gasteiger partial charge in [0.1, 0.15) is 5.92 Å². The Balaban J connectivity index is 1.75. The number of ketones is 1. The zero-order valence-corrected chi connectivity index (χ0v) is 20.7. The Hall–Kier alpha value is -2.28. The van der Waals surface area contributed by atoms with Crippen LogP contribution in [0, 0.1) is 9.49 Å². The summed E-state index contributed by atoms with van der Waals surface area (Å²) in [5, 5.41) is 0. The third-order valence-corrected chi connectivity index (χ3v) is 7.03. The monoisotopic (exact) mass is 541 g/mol. The summed E-state index contributed by atoms with van der Waals surface area (Å²) in [6.45, 7) is 4.36. The van der Waals surface area contributed by atoms with Gasteiger partial charge in [-0.1, -0.05) is 55.8 Å². The van der Waals surface area contributed by atoms with Crippen molar-refractivity contribution in [2.45, 2.75) is 51.4 Å². The van der Waals surface area contributed by atoms with Gasteiger partial charge in [0.05, 0.1) is 6.61 Å². The first-order valence-corrected chi connectivity index (χ1v) is 12.4. The SMILES string of the molecule is CCCCOC(=O)C1C(C)=NC2=C(C(=O)C[C@H](c3ccccc3)C2)[C@H]1c1cccc(I)c1. The predicted molar refractivity (Wildman–Crippen MR) is 135 cm³/mol. The molecule has 1 aliphatic carbocycles. The zero-order valence-electron chi connectivity index (χ0n) is 18.5. The summed E-state index contributed by atoms with van der Waals surface area (Å²) in [5.41, 5.74) is 4.39. The summed E-state index contributed by atoms with van der Waals surface area (Å²) in [4.78, 5) is 31.5. The van der Waals surface area contributed by atoms with Gasteiger partial charge in [-0.25, -0.2) is 0 Å². The maximum Gasteiger partial charge on any atom is 0.315 e. The number of Topliss-reactive ketones (excluding diaryl/α,β-unsaturated/α-hetero) is 1. The molecule has 1 aliphatic heterocycles. The van der Waals surface area contributed by atoms with Gasteiger partial charge in [-0.3, -0.25) is 14.6 Å². The Morgan fingerprint density at radius 1 is 1.09 bits per heavy atom. The molecule has 0 saturated carbocycles. The molecule has 5 heteroatoms. The van der Waals surface area contributed by atoms with E-state index in [0.717, 1.165) is 38.9 Å². The molecular formula is C27H28INO3. The molecule has 1 unspecified atom stereocenters. The average Bonchev–Trinajstić information content (AvgIpc) is 2.78. The van der Waals surface area contributed by atoms with Crippen LogP contribution in [-0.4, -0.2) is 24.1 Å². The maximum atomic E-state index is 13.5. The van der Waals surface area contributed by atoms with E-state index in [1.807, 2.05) is 43.3 Å². The van der Waals surface area contributed by atoms with Crippen molar-refractivity contribution in [2.75, 3.05) is 6.61 Å². The van der Waals surface area contributed by atoms with Crippen molar-refractivity contribution in [2.24, 2.45) is 10.9 Å². The van der Waals surface area contributed by atoms with Crippen LogP contribution in [0.5, 0.6) is 0 Å². The van der Waals surface area contributed by atoms with Gasteiger partial charge in [0.2, 0.25) is 0 Å². The number of esters is 1. The van der Waals surface area contributed by atoms with Gasteiger partial charge < -0.3 is 4.74 Å². The molecule has 1 heterocycles.